The summed E-state index contributed by atoms with van der Waals surface area (Å²) in [6.07, 6.45) is 1.38. The maximum absolute atomic E-state index is 12.0. The summed E-state index contributed by atoms with van der Waals surface area (Å²) in [5, 5.41) is 6.33. The van der Waals surface area contributed by atoms with Crippen molar-refractivity contribution in [3.8, 4) is 0 Å². The van der Waals surface area contributed by atoms with E-state index >= 15 is 0 Å². The topological polar surface area (TPSA) is 81.1 Å². The van der Waals surface area contributed by atoms with Crippen LogP contribution in [-0.2, 0) is 0 Å². The highest BCUT2D eigenvalue weighted by molar-refractivity contribution is 9.10. The van der Waals surface area contributed by atoms with Crippen molar-refractivity contribution >= 4 is 33.2 Å². The van der Waals surface area contributed by atoms with Crippen molar-refractivity contribution in [2.24, 2.45) is 0 Å². The van der Waals surface area contributed by atoms with Crippen molar-refractivity contribution in [2.45, 2.75) is 13.8 Å². The Kier molecular flexibility index (Phi) is 3.38. The van der Waals surface area contributed by atoms with Gasteiger partial charge in [-0.2, -0.15) is 0 Å². The summed E-state index contributed by atoms with van der Waals surface area (Å²) in [6, 6.07) is 3.62. The van der Waals surface area contributed by atoms with Crippen molar-refractivity contribution < 1.29 is 9.32 Å². The molecule has 0 spiro atoms. The van der Waals surface area contributed by atoms with Gasteiger partial charge in [0.05, 0.1) is 17.6 Å². The molecular formula is C12H12BrN3O2. The number of amides is 1. The second-order valence-electron chi connectivity index (χ2n) is 3.94. The third kappa shape index (κ3) is 2.38. The molecule has 5 nitrogen and oxygen atoms in total. The second-order valence-corrected chi connectivity index (χ2v) is 4.85. The molecular weight excluding hydrogens is 298 g/mol. The number of halogens is 1. The van der Waals surface area contributed by atoms with Gasteiger partial charge in [-0.25, -0.2) is 0 Å². The number of hydrogen-bond donors (Lipinski definition) is 2. The Hall–Kier alpha value is -1.82. The molecule has 0 radical (unpaired) electrons. The van der Waals surface area contributed by atoms with E-state index in [0.29, 0.717) is 22.7 Å². The molecule has 1 aromatic carbocycles. The highest BCUT2D eigenvalue weighted by atomic mass is 79.9. The molecule has 0 fully saturated rings. The highest BCUT2D eigenvalue weighted by Crippen LogP contribution is 2.28. The molecule has 2 aromatic rings. The minimum atomic E-state index is -0.286. The van der Waals surface area contributed by atoms with Gasteiger partial charge in [0.1, 0.15) is 11.3 Å². The predicted molar refractivity (Wildman–Crippen MR) is 72.5 cm³/mol. The Morgan fingerprint density at radius 1 is 1.44 bits per heavy atom. The second kappa shape index (κ2) is 4.81. The number of carbonyl (C=O) groups excluding carboxylic acids is 1. The number of anilines is 2. The highest BCUT2D eigenvalue weighted by Gasteiger charge is 2.15. The van der Waals surface area contributed by atoms with Crippen LogP contribution in [0.5, 0.6) is 0 Å². The van der Waals surface area contributed by atoms with Gasteiger partial charge in [-0.3, -0.25) is 4.79 Å². The summed E-state index contributed by atoms with van der Waals surface area (Å²) in [5.74, 6) is 0.187. The van der Waals surface area contributed by atoms with Crippen molar-refractivity contribution in [1.29, 1.82) is 0 Å². The fraction of sp³-hybridized carbons (Fsp3) is 0.167. The zero-order valence-corrected chi connectivity index (χ0v) is 11.5. The molecule has 0 aliphatic carbocycles. The van der Waals surface area contributed by atoms with Gasteiger partial charge in [0.15, 0.2) is 0 Å². The average molecular weight is 310 g/mol. The first-order chi connectivity index (χ1) is 8.49. The van der Waals surface area contributed by atoms with Gasteiger partial charge in [-0.1, -0.05) is 21.1 Å². The Morgan fingerprint density at radius 3 is 2.72 bits per heavy atom. The van der Waals surface area contributed by atoms with Crippen molar-refractivity contribution in [1.82, 2.24) is 5.16 Å². The molecule has 3 N–H and O–H groups in total. The lowest BCUT2D eigenvalue weighted by Gasteiger charge is -2.11. The average Bonchev–Trinajstić information content (AvgIpc) is 2.69. The normalized spacial score (nSPS) is 10.4. The first-order valence-electron chi connectivity index (χ1n) is 5.27. The Morgan fingerprint density at radius 2 is 2.17 bits per heavy atom. The Labute approximate surface area is 112 Å². The molecule has 1 heterocycles. The fourth-order valence-corrected chi connectivity index (χ4v) is 2.23. The van der Waals surface area contributed by atoms with Gasteiger partial charge in [-0.15, -0.1) is 0 Å². The molecule has 0 saturated carbocycles. The van der Waals surface area contributed by atoms with Crippen LogP contribution < -0.4 is 11.1 Å². The molecule has 0 saturated heterocycles. The summed E-state index contributed by atoms with van der Waals surface area (Å²) >= 11 is 3.35. The molecule has 1 amide bonds. The van der Waals surface area contributed by atoms with Gasteiger partial charge in [-0.05, 0) is 31.5 Å². The monoisotopic (exact) mass is 309 g/mol. The molecule has 0 unspecified atom stereocenters. The van der Waals surface area contributed by atoms with Gasteiger partial charge >= 0.3 is 0 Å². The molecule has 0 aliphatic heterocycles. The maximum atomic E-state index is 12.0. The smallest absolute Gasteiger partial charge is 0.260 e. The van der Waals surface area contributed by atoms with Crippen LogP contribution in [0.15, 0.2) is 27.3 Å². The Balaban J connectivity index is 2.31. The number of nitrogens with two attached hydrogens (primary N) is 1. The fourth-order valence-electron chi connectivity index (χ4n) is 1.64. The predicted octanol–water partition coefficient (Wildman–Crippen LogP) is 2.89. The van der Waals surface area contributed by atoms with Gasteiger partial charge < -0.3 is 15.6 Å². The van der Waals surface area contributed by atoms with E-state index in [1.807, 2.05) is 13.0 Å². The number of nitrogens with zero attached hydrogens (tertiary/aromatic N) is 1. The number of rotatable bonds is 2. The molecule has 6 heteroatoms. The number of nitrogen functional groups attached to an aromatic ring is 1. The molecule has 2 rings (SSSR count). The van der Waals surface area contributed by atoms with Crippen LogP contribution in [-0.4, -0.2) is 11.1 Å². The Bertz CT molecular complexity index is 584. The van der Waals surface area contributed by atoms with E-state index in [2.05, 4.69) is 26.4 Å². The van der Waals surface area contributed by atoms with Crippen molar-refractivity contribution in [3.05, 3.63) is 39.7 Å². The lowest BCUT2D eigenvalue weighted by Crippen LogP contribution is -2.14. The molecule has 18 heavy (non-hydrogen) atoms. The van der Waals surface area contributed by atoms with E-state index in [-0.39, 0.29) is 5.91 Å². The number of aryl methyl sites for hydroxylation is 2. The van der Waals surface area contributed by atoms with E-state index in [1.54, 1.807) is 13.0 Å². The molecule has 94 valence electrons. The number of nitrogens with one attached hydrogen (secondary N) is 1. The van der Waals surface area contributed by atoms with Gasteiger partial charge in [0.25, 0.3) is 5.91 Å². The number of hydrogen-bond acceptors (Lipinski definition) is 4. The quantitative estimate of drug-likeness (QED) is 0.836. The van der Waals surface area contributed by atoms with Crippen molar-refractivity contribution in [2.75, 3.05) is 11.1 Å². The van der Waals surface area contributed by atoms with E-state index in [0.717, 1.165) is 10.0 Å². The number of benzene rings is 1. The van der Waals surface area contributed by atoms with Crippen LogP contribution in [0.1, 0.15) is 21.7 Å². The SMILES string of the molecule is Cc1cc(Br)cc(N)c1NC(=O)c1cnoc1C. The van der Waals surface area contributed by atoms with E-state index in [1.165, 1.54) is 6.20 Å². The minimum Gasteiger partial charge on any atom is -0.397 e. The molecule has 1 aromatic heterocycles. The van der Waals surface area contributed by atoms with Crippen LogP contribution in [0, 0.1) is 13.8 Å². The summed E-state index contributed by atoms with van der Waals surface area (Å²) in [6.45, 7) is 3.55. The minimum absolute atomic E-state index is 0.286. The van der Waals surface area contributed by atoms with E-state index < -0.39 is 0 Å². The van der Waals surface area contributed by atoms with Crippen LogP contribution in [0.25, 0.3) is 0 Å². The van der Waals surface area contributed by atoms with Crippen LogP contribution in [0.3, 0.4) is 0 Å². The number of aromatic nitrogens is 1. The lowest BCUT2D eigenvalue weighted by molar-refractivity contribution is 0.102. The van der Waals surface area contributed by atoms with E-state index in [9.17, 15) is 4.79 Å². The third-order valence-corrected chi connectivity index (χ3v) is 3.02. The summed E-state index contributed by atoms with van der Waals surface area (Å²) < 4.78 is 5.73. The van der Waals surface area contributed by atoms with Crippen LogP contribution in [0.2, 0.25) is 0 Å². The van der Waals surface area contributed by atoms with Crippen molar-refractivity contribution in [3.63, 3.8) is 0 Å². The summed E-state index contributed by atoms with van der Waals surface area (Å²) in [5.41, 5.74) is 8.26. The van der Waals surface area contributed by atoms with Gasteiger partial charge in [0, 0.05) is 4.47 Å². The molecule has 0 bridgehead atoms. The number of carbonyl (C=O) groups is 1. The standard InChI is InChI=1S/C12H12BrN3O2/c1-6-3-8(13)4-10(14)11(6)16-12(17)9-5-15-18-7(9)2/h3-5H,14H2,1-2H3,(H,16,17). The van der Waals surface area contributed by atoms with Crippen LogP contribution >= 0.6 is 15.9 Å². The van der Waals surface area contributed by atoms with Crippen LogP contribution in [0.4, 0.5) is 11.4 Å². The lowest BCUT2D eigenvalue weighted by atomic mass is 10.1. The zero-order chi connectivity index (χ0) is 13.3. The van der Waals surface area contributed by atoms with E-state index in [4.69, 9.17) is 10.3 Å². The molecule has 0 aliphatic rings. The maximum Gasteiger partial charge on any atom is 0.260 e. The zero-order valence-electron chi connectivity index (χ0n) is 9.95. The van der Waals surface area contributed by atoms with Gasteiger partial charge in [0.2, 0.25) is 0 Å². The summed E-state index contributed by atoms with van der Waals surface area (Å²) in [7, 11) is 0. The first-order valence-corrected chi connectivity index (χ1v) is 6.06. The largest absolute Gasteiger partial charge is 0.397 e. The first kappa shape index (κ1) is 12.6. The molecule has 0 atom stereocenters. The summed E-state index contributed by atoms with van der Waals surface area (Å²) in [4.78, 5) is 12.0. The third-order valence-electron chi connectivity index (χ3n) is 2.56.